The van der Waals surface area contributed by atoms with Crippen molar-refractivity contribution in [1.82, 2.24) is 10.3 Å². The van der Waals surface area contributed by atoms with Crippen molar-refractivity contribution in [3.8, 4) is 0 Å². The van der Waals surface area contributed by atoms with Crippen LogP contribution in [0.1, 0.15) is 25.3 Å². The molecule has 1 amide bonds. The molecule has 24 heavy (non-hydrogen) atoms. The fourth-order valence-electron chi connectivity index (χ4n) is 3.89. The normalized spacial score (nSPS) is 30.1. The Labute approximate surface area is 137 Å². The molecular weight excluding hydrogens is 323 g/mol. The summed E-state index contributed by atoms with van der Waals surface area (Å²) in [5, 5.41) is 12.9. The van der Waals surface area contributed by atoms with Gasteiger partial charge in [0.15, 0.2) is 0 Å². The average molecular weight is 343 g/mol. The Kier molecular flexibility index (Phi) is 4.42. The van der Waals surface area contributed by atoms with Crippen LogP contribution in [0.3, 0.4) is 0 Å². The van der Waals surface area contributed by atoms with E-state index in [1.807, 2.05) is 0 Å². The van der Waals surface area contributed by atoms with E-state index in [0.29, 0.717) is 25.9 Å². The van der Waals surface area contributed by atoms with Gasteiger partial charge in [0.1, 0.15) is 5.82 Å². The maximum atomic E-state index is 13.2. The predicted molar refractivity (Wildman–Crippen MR) is 81.3 cm³/mol. The lowest BCUT2D eigenvalue weighted by Crippen LogP contribution is -2.48. The van der Waals surface area contributed by atoms with E-state index in [1.165, 1.54) is 19.2 Å². The number of nitrogens with one attached hydrogen (secondary N) is 1. The molecule has 8 heteroatoms. The molecule has 0 spiro atoms. The summed E-state index contributed by atoms with van der Waals surface area (Å²) in [6, 6.07) is 1.99. The number of carbonyl (C=O) groups excluding carboxylic acids is 1. The van der Waals surface area contributed by atoms with Crippen LogP contribution >= 0.6 is 0 Å². The third-order valence-electron chi connectivity index (χ3n) is 4.92. The fraction of sp³-hybridized carbons (Fsp3) is 0.625. The maximum absolute atomic E-state index is 13.2. The summed E-state index contributed by atoms with van der Waals surface area (Å²) in [5.41, 5.74) is -0.734. The minimum atomic E-state index is -4.45. The Morgan fingerprint density at radius 2 is 2.00 bits per heavy atom. The number of pyridine rings is 1. The van der Waals surface area contributed by atoms with E-state index in [0.717, 1.165) is 6.07 Å². The monoisotopic (exact) mass is 343 g/mol. The highest BCUT2D eigenvalue weighted by Gasteiger charge is 2.44. The van der Waals surface area contributed by atoms with Crippen molar-refractivity contribution in [3.05, 3.63) is 23.9 Å². The Hall–Kier alpha value is -1.83. The van der Waals surface area contributed by atoms with E-state index in [9.17, 15) is 23.1 Å². The van der Waals surface area contributed by atoms with Crippen molar-refractivity contribution in [2.75, 3.05) is 18.0 Å². The third-order valence-corrected chi connectivity index (χ3v) is 4.92. The second kappa shape index (κ2) is 6.23. The van der Waals surface area contributed by atoms with Crippen molar-refractivity contribution in [3.63, 3.8) is 0 Å². The van der Waals surface area contributed by atoms with Gasteiger partial charge >= 0.3 is 6.18 Å². The first-order valence-corrected chi connectivity index (χ1v) is 7.98. The number of anilines is 1. The lowest BCUT2D eigenvalue weighted by Gasteiger charge is -2.35. The van der Waals surface area contributed by atoms with Crippen LogP contribution in [0.2, 0.25) is 0 Å². The molecule has 2 aliphatic rings. The van der Waals surface area contributed by atoms with E-state index in [4.69, 9.17) is 0 Å². The molecule has 0 radical (unpaired) electrons. The number of hydrogen-bond acceptors (Lipinski definition) is 4. The van der Waals surface area contributed by atoms with Gasteiger partial charge in [-0.25, -0.2) is 4.98 Å². The van der Waals surface area contributed by atoms with Crippen LogP contribution in [0.15, 0.2) is 18.3 Å². The van der Waals surface area contributed by atoms with E-state index in [1.54, 1.807) is 4.90 Å². The van der Waals surface area contributed by atoms with Gasteiger partial charge in [-0.3, -0.25) is 4.79 Å². The summed E-state index contributed by atoms with van der Waals surface area (Å²) in [7, 11) is 0. The Morgan fingerprint density at radius 1 is 1.33 bits per heavy atom. The van der Waals surface area contributed by atoms with Gasteiger partial charge in [-0.15, -0.1) is 0 Å². The highest BCUT2D eigenvalue weighted by Crippen LogP contribution is 2.41. The van der Waals surface area contributed by atoms with Crippen LogP contribution in [-0.4, -0.2) is 41.2 Å². The molecule has 1 aromatic rings. The van der Waals surface area contributed by atoms with E-state index < -0.39 is 17.8 Å². The summed E-state index contributed by atoms with van der Waals surface area (Å²) in [4.78, 5) is 16.8. The van der Waals surface area contributed by atoms with Gasteiger partial charge in [-0.2, -0.15) is 13.2 Å². The quantitative estimate of drug-likeness (QED) is 0.860. The van der Waals surface area contributed by atoms with Crippen molar-refractivity contribution in [2.24, 2.45) is 11.8 Å². The molecule has 1 aromatic heterocycles. The molecule has 1 saturated heterocycles. The van der Waals surface area contributed by atoms with Gasteiger partial charge in [-0.05, 0) is 36.8 Å². The molecule has 132 valence electrons. The second-order valence-electron chi connectivity index (χ2n) is 6.64. The highest BCUT2D eigenvalue weighted by atomic mass is 19.4. The molecule has 1 aliphatic carbocycles. The van der Waals surface area contributed by atoms with Crippen molar-refractivity contribution < 1.29 is 23.1 Å². The zero-order valence-electron chi connectivity index (χ0n) is 13.3. The minimum absolute atomic E-state index is 0.0510. The smallest absolute Gasteiger partial charge is 0.391 e. The van der Waals surface area contributed by atoms with Gasteiger partial charge in [0.2, 0.25) is 5.91 Å². The summed E-state index contributed by atoms with van der Waals surface area (Å²) < 4.78 is 39.6. The Bertz CT molecular complexity index is 623. The molecule has 0 unspecified atom stereocenters. The molecule has 5 nitrogen and oxygen atoms in total. The first-order chi connectivity index (χ1) is 11.3. The standard InChI is InChI=1S/C16H20F3N3O2/c1-9(23)21-13-5-10-7-22(8-11(10)6-14(13)24)15-12(16(17,18)19)3-2-4-20-15/h2-4,10-11,13-14,24H,5-8H2,1H3,(H,21,23)/t10-,11+,13-,14-/m1/s1. The van der Waals surface area contributed by atoms with Crippen LogP contribution in [0, 0.1) is 11.8 Å². The van der Waals surface area contributed by atoms with Crippen molar-refractivity contribution >= 4 is 11.7 Å². The summed E-state index contributed by atoms with van der Waals surface area (Å²) in [6.45, 7) is 2.28. The number of carbonyl (C=O) groups is 1. The lowest BCUT2D eigenvalue weighted by molar-refractivity contribution is -0.137. The number of nitrogens with zero attached hydrogens (tertiary/aromatic N) is 2. The van der Waals surface area contributed by atoms with Gasteiger partial charge in [0, 0.05) is 26.2 Å². The van der Waals surface area contributed by atoms with Crippen LogP contribution in [0.25, 0.3) is 0 Å². The fourth-order valence-corrected chi connectivity index (χ4v) is 3.89. The Balaban J connectivity index is 1.78. The number of amides is 1. The maximum Gasteiger partial charge on any atom is 0.419 e. The first-order valence-electron chi connectivity index (χ1n) is 7.98. The predicted octanol–water partition coefficient (Wildman–Crippen LogP) is 1.81. The number of halogens is 3. The van der Waals surface area contributed by atoms with E-state index >= 15 is 0 Å². The highest BCUT2D eigenvalue weighted by molar-refractivity contribution is 5.73. The van der Waals surface area contributed by atoms with Crippen LogP contribution < -0.4 is 10.2 Å². The zero-order valence-corrected chi connectivity index (χ0v) is 13.3. The number of hydrogen-bond donors (Lipinski definition) is 2. The number of aliphatic hydroxyl groups excluding tert-OH is 1. The number of alkyl halides is 3. The van der Waals surface area contributed by atoms with Crippen LogP contribution in [0.5, 0.6) is 0 Å². The lowest BCUT2D eigenvalue weighted by atomic mass is 9.77. The molecule has 0 aromatic carbocycles. The number of aliphatic hydroxyl groups is 1. The van der Waals surface area contributed by atoms with Gasteiger partial charge in [0.25, 0.3) is 0 Å². The number of aromatic nitrogens is 1. The minimum Gasteiger partial charge on any atom is -0.391 e. The van der Waals surface area contributed by atoms with E-state index in [-0.39, 0.29) is 29.6 Å². The van der Waals surface area contributed by atoms with Crippen LogP contribution in [-0.2, 0) is 11.0 Å². The Morgan fingerprint density at radius 3 is 2.62 bits per heavy atom. The van der Waals surface area contributed by atoms with E-state index in [2.05, 4.69) is 10.3 Å². The second-order valence-corrected chi connectivity index (χ2v) is 6.64. The third kappa shape index (κ3) is 3.33. The SMILES string of the molecule is CC(=O)N[C@@H]1C[C@@H]2CN(c3ncccc3C(F)(F)F)C[C@@H]2C[C@H]1O. The summed E-state index contributed by atoms with van der Waals surface area (Å²) in [6.07, 6.45) is -2.71. The number of fused-ring (bicyclic) bond motifs is 1. The molecule has 1 saturated carbocycles. The molecule has 2 N–H and O–H groups in total. The van der Waals surface area contributed by atoms with Crippen molar-refractivity contribution in [2.45, 2.75) is 38.1 Å². The molecule has 1 aliphatic heterocycles. The zero-order chi connectivity index (χ0) is 17.5. The molecule has 4 atom stereocenters. The molecule has 2 fully saturated rings. The molecule has 3 rings (SSSR count). The first kappa shape index (κ1) is 17.0. The van der Waals surface area contributed by atoms with Gasteiger partial charge < -0.3 is 15.3 Å². The largest absolute Gasteiger partial charge is 0.419 e. The summed E-state index contributed by atoms with van der Waals surface area (Å²) >= 11 is 0. The van der Waals surface area contributed by atoms with Crippen molar-refractivity contribution in [1.29, 1.82) is 0 Å². The van der Waals surface area contributed by atoms with Gasteiger partial charge in [-0.1, -0.05) is 0 Å². The van der Waals surface area contributed by atoms with Crippen LogP contribution in [0.4, 0.5) is 19.0 Å². The average Bonchev–Trinajstić information content (AvgIpc) is 2.89. The molecular formula is C16H20F3N3O2. The van der Waals surface area contributed by atoms with Gasteiger partial charge in [0.05, 0.1) is 17.7 Å². The molecule has 2 heterocycles. The topological polar surface area (TPSA) is 65.5 Å². The molecule has 0 bridgehead atoms. The number of rotatable bonds is 2. The summed E-state index contributed by atoms with van der Waals surface area (Å²) in [5.74, 6) is -0.0251.